The Morgan fingerprint density at radius 1 is 0.762 bits per heavy atom. The first kappa shape index (κ1) is 58.8. The van der Waals surface area contributed by atoms with Crippen molar-refractivity contribution >= 4 is 34.8 Å². The first-order chi connectivity index (χ1) is 40.2. The van der Waals surface area contributed by atoms with E-state index in [0.29, 0.717) is 47.5 Å². The van der Waals surface area contributed by atoms with E-state index in [1.54, 1.807) is 88.7 Å². The summed E-state index contributed by atoms with van der Waals surface area (Å²) in [7, 11) is 7.83. The minimum atomic E-state index is -5.08. The molecule has 3 aliphatic rings. The Morgan fingerprint density at radius 3 is 1.75 bits per heavy atom. The molecule has 5 heterocycles. The van der Waals surface area contributed by atoms with Crippen LogP contribution in [0.2, 0.25) is 5.02 Å². The summed E-state index contributed by atoms with van der Waals surface area (Å²) in [5.41, 5.74) is -0.205. The fraction of sp³-hybridized carbons (Fsp3) is 0.317. The molecular weight excluding hydrogens is 1110 g/mol. The number of likely N-dealkylation sites (N-methyl/N-ethyl adjacent to an activating group) is 1. The van der Waals surface area contributed by atoms with Crippen molar-refractivity contribution in [2.45, 2.75) is 77.1 Å². The highest BCUT2D eigenvalue weighted by Gasteiger charge is 2.51. The number of nitrogens with one attached hydrogen (secondary N) is 1. The molecule has 21 heteroatoms. The van der Waals surface area contributed by atoms with Crippen LogP contribution in [-0.4, -0.2) is 92.4 Å². The van der Waals surface area contributed by atoms with Crippen LogP contribution in [0.5, 0.6) is 28.7 Å². The van der Waals surface area contributed by atoms with E-state index in [1.165, 1.54) is 24.1 Å². The van der Waals surface area contributed by atoms with Crippen molar-refractivity contribution in [1.29, 1.82) is 0 Å². The van der Waals surface area contributed by atoms with Gasteiger partial charge in [-0.2, -0.15) is 13.2 Å². The molecule has 2 atom stereocenters. The minimum Gasteiger partial charge on any atom is -0.497 e. The van der Waals surface area contributed by atoms with Gasteiger partial charge < -0.3 is 48.4 Å². The number of rotatable bonds is 20. The van der Waals surface area contributed by atoms with Gasteiger partial charge in [-0.1, -0.05) is 66.2 Å². The average molecular weight is 1180 g/mol. The van der Waals surface area contributed by atoms with Crippen LogP contribution >= 0.6 is 11.6 Å². The van der Waals surface area contributed by atoms with Crippen LogP contribution in [0, 0.1) is 12.7 Å². The van der Waals surface area contributed by atoms with Crippen LogP contribution in [0.1, 0.15) is 70.8 Å². The van der Waals surface area contributed by atoms with Gasteiger partial charge in [0.25, 0.3) is 5.92 Å². The second-order valence-electron chi connectivity index (χ2n) is 21.2. The fourth-order valence-electron chi connectivity index (χ4n) is 10.9. The number of ether oxygens (including phenoxy) is 6. The van der Waals surface area contributed by atoms with Crippen molar-refractivity contribution in [3.8, 4) is 40.0 Å². The number of aryl methyl sites for hydroxylation is 1. The molecule has 0 bridgehead atoms. The summed E-state index contributed by atoms with van der Waals surface area (Å²) in [6, 6.07) is 34.0. The zero-order valence-corrected chi connectivity index (χ0v) is 48.3. The van der Waals surface area contributed by atoms with E-state index in [2.05, 4.69) is 10.2 Å². The SMILES string of the molecule is COc1ccc(CN(Cc2ccc(OC)cc2)c2cc(C)c(C(F)(F)F)c(-c3c(F)c4c5c(c3Cl)NCN=C5N(C(C)c3cccnc3N(Cc3ccc(OC)cc3)Cc3ccc(OC)cc3)C=C(OCC3(C)CC(F)(F)CN3C)O4)n2)cc1. The number of hydrogen-bond acceptors (Lipinski definition) is 14. The summed E-state index contributed by atoms with van der Waals surface area (Å²) in [5, 5.41) is 2.69. The first-order valence-electron chi connectivity index (χ1n) is 27.0. The second kappa shape index (κ2) is 24.1. The van der Waals surface area contributed by atoms with E-state index in [9.17, 15) is 0 Å². The molecule has 2 unspecified atom stereocenters. The molecule has 5 aromatic carbocycles. The van der Waals surface area contributed by atoms with Gasteiger partial charge in [0.1, 0.15) is 53.7 Å². The zero-order chi connectivity index (χ0) is 59.7. The molecule has 14 nitrogen and oxygen atoms in total. The third-order valence-electron chi connectivity index (χ3n) is 15.5. The Bertz CT molecular complexity index is 3480. The number of nitrogens with zero attached hydrogens (tertiary/aromatic N) is 7. The van der Waals surface area contributed by atoms with Gasteiger partial charge in [-0.05, 0) is 116 Å². The number of benzene rings is 5. The van der Waals surface area contributed by atoms with Crippen molar-refractivity contribution in [1.82, 2.24) is 19.8 Å². The maximum atomic E-state index is 18.6. The van der Waals surface area contributed by atoms with Gasteiger partial charge in [0.15, 0.2) is 11.6 Å². The normalized spacial score (nSPS) is 16.7. The number of hydrogen-bond donors (Lipinski definition) is 1. The van der Waals surface area contributed by atoms with E-state index >= 15 is 26.3 Å². The van der Waals surface area contributed by atoms with Crippen LogP contribution in [0.4, 0.5) is 43.7 Å². The topological polar surface area (TPSA) is 119 Å². The standard InChI is InChI=1S/C63H63ClF6N8O6/c1-38-28-49(76(29-40-11-19-44(79-5)20-12-40)30-41-13-21-45(80-6)22-14-41)74-56(53(38)63(68,69)70)51-54(64)57-52-58(55(51)65)84-50(83-36-61(3)34-62(66,67)35-75(61)4)33-78(60(52)73-37-72-57)39(2)48-10-9-27-71-59(48)77(31-42-15-23-46(81-7)24-16-42)32-43-17-25-47(82-8)26-18-43/h9-28,33,39,72H,29-32,34-37H2,1-8H3. The monoisotopic (exact) mass is 1180 g/mol. The van der Waals surface area contributed by atoms with Crippen LogP contribution in [0.25, 0.3) is 11.3 Å². The molecule has 0 radical (unpaired) electrons. The van der Waals surface area contributed by atoms with E-state index in [0.717, 1.165) is 22.3 Å². The lowest BCUT2D eigenvalue weighted by Crippen LogP contribution is -2.42. The second-order valence-corrected chi connectivity index (χ2v) is 21.6. The summed E-state index contributed by atoms with van der Waals surface area (Å²) < 4.78 is 131. The fourth-order valence-corrected chi connectivity index (χ4v) is 11.2. The average Bonchev–Trinajstić information content (AvgIpc) is 1.59. The van der Waals surface area contributed by atoms with Crippen molar-refractivity contribution < 1.29 is 54.8 Å². The number of alkyl halides is 5. The Labute approximate surface area is 488 Å². The summed E-state index contributed by atoms with van der Waals surface area (Å²) in [4.78, 5) is 21.6. The molecule has 84 heavy (non-hydrogen) atoms. The molecule has 0 saturated carbocycles. The lowest BCUT2D eigenvalue weighted by molar-refractivity contribution is -0.137. The lowest BCUT2D eigenvalue weighted by atomic mass is 9.95. The highest BCUT2D eigenvalue weighted by molar-refractivity contribution is 6.37. The first-order valence-corrected chi connectivity index (χ1v) is 27.4. The number of halogens is 7. The molecule has 2 aromatic heterocycles. The van der Waals surface area contributed by atoms with Crippen molar-refractivity contribution in [3.63, 3.8) is 0 Å². The molecular formula is C63H63ClF6N8O6. The van der Waals surface area contributed by atoms with Gasteiger partial charge in [0.2, 0.25) is 0 Å². The van der Waals surface area contributed by atoms with Crippen LogP contribution in [0.3, 0.4) is 0 Å². The smallest absolute Gasteiger partial charge is 0.418 e. The summed E-state index contributed by atoms with van der Waals surface area (Å²) in [6.45, 7) is 4.78. The van der Waals surface area contributed by atoms with Crippen LogP contribution in [0.15, 0.2) is 139 Å². The van der Waals surface area contributed by atoms with E-state index < -0.39 is 70.1 Å². The van der Waals surface area contributed by atoms with Crippen molar-refractivity contribution in [2.24, 2.45) is 4.99 Å². The maximum absolute atomic E-state index is 18.6. The zero-order valence-electron chi connectivity index (χ0n) is 47.6. The largest absolute Gasteiger partial charge is 0.497 e. The van der Waals surface area contributed by atoms with Crippen LogP contribution in [-0.2, 0) is 37.1 Å². The lowest BCUT2D eigenvalue weighted by Gasteiger charge is -2.34. The van der Waals surface area contributed by atoms with Gasteiger partial charge in [0, 0.05) is 44.4 Å². The van der Waals surface area contributed by atoms with Crippen molar-refractivity contribution in [3.05, 3.63) is 189 Å². The van der Waals surface area contributed by atoms with E-state index in [-0.39, 0.29) is 60.8 Å². The molecule has 10 rings (SSSR count). The van der Waals surface area contributed by atoms with E-state index in [1.807, 2.05) is 85.8 Å². The molecule has 3 aliphatic heterocycles. The van der Waals surface area contributed by atoms with Gasteiger partial charge in [-0.15, -0.1) is 0 Å². The van der Waals surface area contributed by atoms with Gasteiger partial charge in [-0.3, -0.25) is 4.90 Å². The van der Waals surface area contributed by atoms with Gasteiger partial charge in [-0.25, -0.2) is 28.1 Å². The molecule has 7 aromatic rings. The summed E-state index contributed by atoms with van der Waals surface area (Å²) in [6.07, 6.45) is -2.52. The molecule has 1 fully saturated rings. The predicted octanol–water partition coefficient (Wildman–Crippen LogP) is 13.8. The third kappa shape index (κ3) is 12.3. The number of pyridine rings is 2. The number of likely N-dealkylation sites (tertiary alicyclic amines) is 1. The molecule has 1 N–H and O–H groups in total. The number of aliphatic imine (C=N–C) groups is 1. The molecule has 0 spiro atoms. The molecule has 0 aliphatic carbocycles. The maximum Gasteiger partial charge on any atom is 0.418 e. The highest BCUT2D eigenvalue weighted by Crippen LogP contribution is 2.52. The quantitative estimate of drug-likeness (QED) is 0.0730. The van der Waals surface area contributed by atoms with Gasteiger partial charge >= 0.3 is 12.1 Å². The summed E-state index contributed by atoms with van der Waals surface area (Å²) >= 11 is 7.38. The number of anilines is 3. The molecule has 1 saturated heterocycles. The Morgan fingerprint density at radius 2 is 1.27 bits per heavy atom. The predicted molar refractivity (Wildman–Crippen MR) is 311 cm³/mol. The van der Waals surface area contributed by atoms with Crippen LogP contribution < -0.4 is 38.8 Å². The van der Waals surface area contributed by atoms with Crippen molar-refractivity contribution in [2.75, 3.05) is 70.4 Å². The Kier molecular flexibility index (Phi) is 16.9. The minimum absolute atomic E-state index is 0.000368. The third-order valence-corrected chi connectivity index (χ3v) is 15.8. The number of aromatic nitrogens is 2. The van der Waals surface area contributed by atoms with E-state index in [4.69, 9.17) is 55.0 Å². The molecule has 0 amide bonds. The Balaban J connectivity index is 1.12. The summed E-state index contributed by atoms with van der Waals surface area (Å²) in [5.74, 6) is -2.00. The van der Waals surface area contributed by atoms with Gasteiger partial charge in [0.05, 0.1) is 85.9 Å². The number of amidine groups is 1. The highest BCUT2D eigenvalue weighted by atomic mass is 35.5. The Hall–Kier alpha value is -8.36. The number of methoxy groups -OCH3 is 4. The molecule has 440 valence electrons.